The molecule has 7 heteroatoms. The van der Waals surface area contributed by atoms with Crippen LogP contribution < -0.4 is 16.4 Å². The van der Waals surface area contributed by atoms with Crippen LogP contribution in [-0.4, -0.2) is 36.0 Å². The van der Waals surface area contributed by atoms with E-state index in [1.165, 1.54) is 11.1 Å². The van der Waals surface area contributed by atoms with Gasteiger partial charge in [0.2, 0.25) is 0 Å². The van der Waals surface area contributed by atoms with Crippen LogP contribution in [0.1, 0.15) is 27.0 Å². The molecule has 3 aromatic carbocycles. The first-order chi connectivity index (χ1) is 15.9. The van der Waals surface area contributed by atoms with Crippen molar-refractivity contribution in [3.8, 4) is 11.1 Å². The van der Waals surface area contributed by atoms with Gasteiger partial charge in [0.15, 0.2) is 5.96 Å². The molecule has 0 fully saturated rings. The molecular weight excluding hydrogens is 416 g/mol. The van der Waals surface area contributed by atoms with Gasteiger partial charge < -0.3 is 21.5 Å². The molecule has 33 heavy (non-hydrogen) atoms. The standard InChI is InChI=1S/C26H28N4O3/c1-17-3-9-20(10-4-17)21-11-7-19(8-12-21)16-29-26(28-2)30-24(31)22-13-5-18(6-14-22)15-23(27)25(32)33/h3-14,23H,15-16,27H2,1-2H3,(H,32,33)(H2,28,29,30,31)/t23-/m0/s1. The largest absolute Gasteiger partial charge is 0.480 e. The van der Waals surface area contributed by atoms with Crippen molar-refractivity contribution in [3.63, 3.8) is 0 Å². The molecule has 0 spiro atoms. The average Bonchev–Trinajstić information content (AvgIpc) is 2.83. The summed E-state index contributed by atoms with van der Waals surface area (Å²) in [5.74, 6) is -1.11. The summed E-state index contributed by atoms with van der Waals surface area (Å²) in [6, 6.07) is 22.3. The van der Waals surface area contributed by atoms with Crippen molar-refractivity contribution in [1.82, 2.24) is 10.6 Å². The van der Waals surface area contributed by atoms with Crippen molar-refractivity contribution in [2.45, 2.75) is 25.9 Å². The predicted molar refractivity (Wildman–Crippen MR) is 130 cm³/mol. The molecule has 0 bridgehead atoms. The van der Waals surface area contributed by atoms with E-state index < -0.39 is 17.9 Å². The number of aliphatic imine (C=N–C) groups is 1. The topological polar surface area (TPSA) is 117 Å². The van der Waals surface area contributed by atoms with E-state index in [-0.39, 0.29) is 6.42 Å². The van der Waals surface area contributed by atoms with Crippen molar-refractivity contribution < 1.29 is 14.7 Å². The van der Waals surface area contributed by atoms with E-state index in [0.717, 1.165) is 16.7 Å². The minimum atomic E-state index is -1.06. The number of aryl methyl sites for hydroxylation is 1. The zero-order valence-corrected chi connectivity index (χ0v) is 18.7. The van der Waals surface area contributed by atoms with Gasteiger partial charge in [0.1, 0.15) is 6.04 Å². The highest BCUT2D eigenvalue weighted by Crippen LogP contribution is 2.20. The van der Waals surface area contributed by atoms with E-state index in [1.54, 1.807) is 31.3 Å². The zero-order chi connectivity index (χ0) is 23.8. The summed E-state index contributed by atoms with van der Waals surface area (Å²) in [7, 11) is 1.69. The number of nitrogens with one attached hydrogen (secondary N) is 2. The van der Waals surface area contributed by atoms with Crippen molar-refractivity contribution >= 4 is 17.8 Å². The SMILES string of the molecule is CNC(=NC(=O)c1ccc(C[C@H](N)C(=O)O)cc1)NCc1ccc(-c2ccc(C)cc2)cc1. The molecule has 3 rings (SSSR count). The molecule has 1 amide bonds. The van der Waals surface area contributed by atoms with Crippen LogP contribution in [0.25, 0.3) is 11.1 Å². The third kappa shape index (κ3) is 6.75. The number of amides is 1. The van der Waals surface area contributed by atoms with Gasteiger partial charge in [0.25, 0.3) is 5.91 Å². The second-order valence-corrected chi connectivity index (χ2v) is 7.78. The van der Waals surface area contributed by atoms with E-state index >= 15 is 0 Å². The van der Waals surface area contributed by atoms with Crippen LogP contribution in [0.2, 0.25) is 0 Å². The Morgan fingerprint density at radius 3 is 2.00 bits per heavy atom. The highest BCUT2D eigenvalue weighted by atomic mass is 16.4. The van der Waals surface area contributed by atoms with Gasteiger partial charge in [-0.05, 0) is 47.7 Å². The number of carboxylic acids is 1. The van der Waals surface area contributed by atoms with Gasteiger partial charge in [0, 0.05) is 19.2 Å². The maximum Gasteiger partial charge on any atom is 0.320 e. The Bertz CT molecular complexity index is 1120. The highest BCUT2D eigenvalue weighted by Gasteiger charge is 2.13. The summed E-state index contributed by atoms with van der Waals surface area (Å²) in [6.45, 7) is 2.57. The van der Waals surface area contributed by atoms with E-state index in [0.29, 0.717) is 18.1 Å². The Kier molecular flexibility index (Phi) is 7.94. The van der Waals surface area contributed by atoms with Gasteiger partial charge in [-0.1, -0.05) is 66.2 Å². The Hall–Kier alpha value is -3.97. The van der Waals surface area contributed by atoms with Crippen molar-refractivity contribution in [2.24, 2.45) is 10.7 Å². The number of benzene rings is 3. The Morgan fingerprint density at radius 1 is 0.909 bits per heavy atom. The summed E-state index contributed by atoms with van der Waals surface area (Å²) in [5, 5.41) is 15.0. The summed E-state index contributed by atoms with van der Waals surface area (Å²) in [5.41, 5.74) is 11.3. The Morgan fingerprint density at radius 2 is 1.45 bits per heavy atom. The van der Waals surface area contributed by atoms with Gasteiger partial charge in [-0.2, -0.15) is 4.99 Å². The molecule has 0 aliphatic heterocycles. The normalized spacial score (nSPS) is 12.2. The molecule has 0 aromatic heterocycles. The van der Waals surface area contributed by atoms with Crippen LogP contribution in [0.15, 0.2) is 77.8 Å². The number of nitrogens with two attached hydrogens (primary N) is 1. The number of guanidine groups is 1. The molecule has 0 heterocycles. The van der Waals surface area contributed by atoms with Crippen LogP contribution in [0.4, 0.5) is 0 Å². The first-order valence-corrected chi connectivity index (χ1v) is 10.6. The lowest BCUT2D eigenvalue weighted by molar-refractivity contribution is -0.138. The van der Waals surface area contributed by atoms with Crippen LogP contribution in [-0.2, 0) is 17.8 Å². The smallest absolute Gasteiger partial charge is 0.320 e. The van der Waals surface area contributed by atoms with Crippen molar-refractivity contribution in [2.75, 3.05) is 7.05 Å². The monoisotopic (exact) mass is 444 g/mol. The molecule has 0 saturated carbocycles. The lowest BCUT2D eigenvalue weighted by Gasteiger charge is -2.10. The summed E-state index contributed by atoms with van der Waals surface area (Å²) in [4.78, 5) is 27.5. The molecule has 0 saturated heterocycles. The third-order valence-electron chi connectivity index (χ3n) is 5.22. The fraction of sp³-hybridized carbons (Fsp3) is 0.192. The molecule has 170 valence electrons. The fourth-order valence-corrected chi connectivity index (χ4v) is 3.22. The maximum absolute atomic E-state index is 12.5. The maximum atomic E-state index is 12.5. The third-order valence-corrected chi connectivity index (χ3v) is 5.22. The molecular formula is C26H28N4O3. The number of rotatable bonds is 7. The lowest BCUT2D eigenvalue weighted by atomic mass is 10.0. The Labute approximate surface area is 193 Å². The molecule has 3 aromatic rings. The molecule has 0 unspecified atom stereocenters. The zero-order valence-electron chi connectivity index (χ0n) is 18.7. The molecule has 0 aliphatic rings. The number of carbonyl (C=O) groups excluding carboxylic acids is 1. The number of aliphatic carboxylic acids is 1. The number of hydrogen-bond acceptors (Lipinski definition) is 3. The summed E-state index contributed by atoms with van der Waals surface area (Å²) in [6.07, 6.45) is 0.194. The van der Waals surface area contributed by atoms with E-state index in [4.69, 9.17) is 10.8 Å². The minimum Gasteiger partial charge on any atom is -0.480 e. The number of nitrogens with zero attached hydrogens (tertiary/aromatic N) is 1. The molecule has 0 aliphatic carbocycles. The van der Waals surface area contributed by atoms with E-state index in [9.17, 15) is 9.59 Å². The summed E-state index contributed by atoms with van der Waals surface area (Å²) >= 11 is 0. The molecule has 7 nitrogen and oxygen atoms in total. The quantitative estimate of drug-likeness (QED) is 0.329. The van der Waals surface area contributed by atoms with Gasteiger partial charge in [-0.25, -0.2) is 0 Å². The summed E-state index contributed by atoms with van der Waals surface area (Å²) < 4.78 is 0. The van der Waals surface area contributed by atoms with E-state index in [2.05, 4.69) is 58.9 Å². The minimum absolute atomic E-state index is 0.194. The first-order valence-electron chi connectivity index (χ1n) is 10.6. The predicted octanol–water partition coefficient (Wildman–Crippen LogP) is 3.12. The highest BCUT2D eigenvalue weighted by molar-refractivity contribution is 6.02. The van der Waals surface area contributed by atoms with Crippen molar-refractivity contribution in [1.29, 1.82) is 0 Å². The van der Waals surface area contributed by atoms with Gasteiger partial charge in [0.05, 0.1) is 0 Å². The van der Waals surface area contributed by atoms with Crippen LogP contribution >= 0.6 is 0 Å². The first kappa shape index (κ1) is 23.7. The van der Waals surface area contributed by atoms with Crippen LogP contribution in [0.3, 0.4) is 0 Å². The second-order valence-electron chi connectivity index (χ2n) is 7.78. The number of carboxylic acid groups (broad SMARTS) is 1. The van der Waals surface area contributed by atoms with Gasteiger partial charge >= 0.3 is 5.97 Å². The molecule has 1 atom stereocenters. The fourth-order valence-electron chi connectivity index (χ4n) is 3.22. The van der Waals surface area contributed by atoms with Crippen LogP contribution in [0, 0.1) is 6.92 Å². The molecule has 0 radical (unpaired) electrons. The number of carbonyl (C=O) groups is 2. The average molecular weight is 445 g/mol. The van der Waals surface area contributed by atoms with Gasteiger partial charge in [-0.15, -0.1) is 0 Å². The Balaban J connectivity index is 1.59. The van der Waals surface area contributed by atoms with E-state index in [1.807, 2.05) is 12.1 Å². The van der Waals surface area contributed by atoms with Crippen molar-refractivity contribution in [3.05, 3.63) is 95.1 Å². The lowest BCUT2D eigenvalue weighted by Crippen LogP contribution is -2.35. The molecule has 5 N–H and O–H groups in total. The van der Waals surface area contributed by atoms with Gasteiger partial charge in [-0.3, -0.25) is 9.59 Å². The van der Waals surface area contributed by atoms with Crippen LogP contribution in [0.5, 0.6) is 0 Å². The second kappa shape index (κ2) is 11.1. The number of hydrogen-bond donors (Lipinski definition) is 4.